The molecule has 4 nitrogen and oxygen atoms in total. The Morgan fingerprint density at radius 3 is 2.61 bits per heavy atom. The first kappa shape index (κ1) is 15.4. The van der Waals surface area contributed by atoms with Crippen molar-refractivity contribution >= 4 is 5.91 Å². The van der Waals surface area contributed by atoms with E-state index < -0.39 is 5.54 Å². The van der Waals surface area contributed by atoms with Crippen molar-refractivity contribution in [1.29, 1.82) is 0 Å². The van der Waals surface area contributed by atoms with Crippen LogP contribution in [0.1, 0.15) is 52.9 Å². The molecule has 0 aromatic heterocycles. The van der Waals surface area contributed by atoms with E-state index in [1.165, 1.54) is 0 Å². The standard InChI is InChI=1S/C14H28N2O2/c1-11(2)7-10-18-9-4-8-14(3,13(15)17)16-12-5-6-12/h11-12,16H,4-10H2,1-3H3,(H2,15,17). The van der Waals surface area contributed by atoms with Gasteiger partial charge in [0.15, 0.2) is 0 Å². The largest absolute Gasteiger partial charge is 0.381 e. The van der Waals surface area contributed by atoms with Crippen LogP contribution in [-0.4, -0.2) is 30.7 Å². The maximum atomic E-state index is 11.5. The van der Waals surface area contributed by atoms with Crippen molar-refractivity contribution in [2.24, 2.45) is 11.7 Å². The van der Waals surface area contributed by atoms with Gasteiger partial charge < -0.3 is 15.8 Å². The molecule has 1 rings (SSSR count). The summed E-state index contributed by atoms with van der Waals surface area (Å²) in [5.41, 5.74) is 4.92. The number of nitrogens with two attached hydrogens (primary N) is 1. The molecule has 1 unspecified atom stereocenters. The Bertz CT molecular complexity index is 265. The maximum absolute atomic E-state index is 11.5. The molecule has 3 N–H and O–H groups in total. The second-order valence-electron chi connectivity index (χ2n) is 6.01. The summed E-state index contributed by atoms with van der Waals surface area (Å²) < 4.78 is 5.56. The Morgan fingerprint density at radius 2 is 2.11 bits per heavy atom. The lowest BCUT2D eigenvalue weighted by molar-refractivity contribution is -0.124. The first-order valence-electron chi connectivity index (χ1n) is 7.09. The fourth-order valence-corrected chi connectivity index (χ4v) is 1.89. The van der Waals surface area contributed by atoms with E-state index in [1.54, 1.807) is 0 Å². The molecule has 0 spiro atoms. The smallest absolute Gasteiger partial charge is 0.237 e. The molecule has 1 aliphatic rings. The van der Waals surface area contributed by atoms with E-state index in [2.05, 4.69) is 19.2 Å². The Labute approximate surface area is 111 Å². The van der Waals surface area contributed by atoms with Gasteiger partial charge >= 0.3 is 0 Å². The Balaban J connectivity index is 2.15. The van der Waals surface area contributed by atoms with E-state index in [9.17, 15) is 4.79 Å². The lowest BCUT2D eigenvalue weighted by Crippen LogP contribution is -2.54. The van der Waals surface area contributed by atoms with Crippen LogP contribution in [0.5, 0.6) is 0 Å². The van der Waals surface area contributed by atoms with E-state index >= 15 is 0 Å². The zero-order valence-corrected chi connectivity index (χ0v) is 12.0. The average molecular weight is 256 g/mol. The van der Waals surface area contributed by atoms with Crippen LogP contribution in [0.4, 0.5) is 0 Å². The lowest BCUT2D eigenvalue weighted by Gasteiger charge is -2.27. The first-order valence-corrected chi connectivity index (χ1v) is 7.09. The number of nitrogens with one attached hydrogen (secondary N) is 1. The van der Waals surface area contributed by atoms with Crippen LogP contribution in [0.15, 0.2) is 0 Å². The summed E-state index contributed by atoms with van der Waals surface area (Å²) in [6, 6.07) is 0.490. The number of primary amides is 1. The predicted octanol–water partition coefficient (Wildman–Crippen LogP) is 1.83. The summed E-state index contributed by atoms with van der Waals surface area (Å²) in [7, 11) is 0. The van der Waals surface area contributed by atoms with E-state index in [0.29, 0.717) is 18.6 Å². The van der Waals surface area contributed by atoms with Gasteiger partial charge in [-0.25, -0.2) is 0 Å². The number of ether oxygens (including phenoxy) is 1. The predicted molar refractivity (Wildman–Crippen MR) is 73.3 cm³/mol. The molecule has 0 saturated heterocycles. The van der Waals surface area contributed by atoms with E-state index in [0.717, 1.165) is 38.7 Å². The molecular formula is C14H28N2O2. The quantitative estimate of drug-likeness (QED) is 0.586. The van der Waals surface area contributed by atoms with Gasteiger partial charge in [-0.15, -0.1) is 0 Å². The van der Waals surface area contributed by atoms with E-state index in [4.69, 9.17) is 10.5 Å². The van der Waals surface area contributed by atoms with Crippen molar-refractivity contribution in [1.82, 2.24) is 5.32 Å². The number of amides is 1. The van der Waals surface area contributed by atoms with Crippen molar-refractivity contribution in [2.75, 3.05) is 13.2 Å². The highest BCUT2D eigenvalue weighted by Crippen LogP contribution is 2.24. The average Bonchev–Trinajstić information content (AvgIpc) is 3.06. The van der Waals surface area contributed by atoms with E-state index in [1.807, 2.05) is 6.92 Å². The number of rotatable bonds is 10. The van der Waals surface area contributed by atoms with Crippen molar-refractivity contribution in [3.63, 3.8) is 0 Å². The van der Waals surface area contributed by atoms with Gasteiger partial charge in [-0.2, -0.15) is 0 Å². The summed E-state index contributed by atoms with van der Waals surface area (Å²) in [4.78, 5) is 11.5. The Hall–Kier alpha value is -0.610. The molecule has 0 aliphatic heterocycles. The molecule has 1 atom stereocenters. The van der Waals surface area contributed by atoms with Crippen LogP contribution in [0.3, 0.4) is 0 Å². The summed E-state index contributed by atoms with van der Waals surface area (Å²) >= 11 is 0. The molecule has 1 fully saturated rings. The molecule has 0 bridgehead atoms. The minimum Gasteiger partial charge on any atom is -0.381 e. The van der Waals surface area contributed by atoms with Crippen molar-refractivity contribution < 1.29 is 9.53 Å². The highest BCUT2D eigenvalue weighted by atomic mass is 16.5. The van der Waals surface area contributed by atoms with Crippen LogP contribution >= 0.6 is 0 Å². The molecule has 106 valence electrons. The molecular weight excluding hydrogens is 228 g/mol. The Morgan fingerprint density at radius 1 is 1.44 bits per heavy atom. The summed E-state index contributed by atoms with van der Waals surface area (Å²) in [5, 5.41) is 3.35. The van der Waals surface area contributed by atoms with Gasteiger partial charge in [0.25, 0.3) is 0 Å². The highest BCUT2D eigenvalue weighted by Gasteiger charge is 2.36. The second kappa shape index (κ2) is 7.10. The molecule has 0 aromatic carbocycles. The molecule has 0 heterocycles. The van der Waals surface area contributed by atoms with Crippen molar-refractivity contribution in [3.05, 3.63) is 0 Å². The monoisotopic (exact) mass is 256 g/mol. The third-order valence-electron chi connectivity index (χ3n) is 3.45. The highest BCUT2D eigenvalue weighted by molar-refractivity contribution is 5.84. The summed E-state index contributed by atoms with van der Waals surface area (Å²) in [5.74, 6) is 0.425. The first-order chi connectivity index (χ1) is 8.44. The fourth-order valence-electron chi connectivity index (χ4n) is 1.89. The summed E-state index contributed by atoms with van der Waals surface area (Å²) in [6.45, 7) is 7.80. The topological polar surface area (TPSA) is 64.3 Å². The molecule has 0 aromatic rings. The number of carbonyl (C=O) groups is 1. The zero-order chi connectivity index (χ0) is 13.6. The molecule has 18 heavy (non-hydrogen) atoms. The second-order valence-corrected chi connectivity index (χ2v) is 6.01. The minimum atomic E-state index is -0.567. The van der Waals surface area contributed by atoms with Crippen LogP contribution in [0.2, 0.25) is 0 Å². The summed E-state index contributed by atoms with van der Waals surface area (Å²) in [6.07, 6.45) is 5.03. The van der Waals surface area contributed by atoms with Gasteiger partial charge in [0, 0.05) is 19.3 Å². The van der Waals surface area contributed by atoms with Gasteiger partial charge in [0.2, 0.25) is 5.91 Å². The molecule has 1 aliphatic carbocycles. The van der Waals surface area contributed by atoms with E-state index in [-0.39, 0.29) is 5.91 Å². The van der Waals surface area contributed by atoms with Gasteiger partial charge in [0.1, 0.15) is 0 Å². The number of carbonyl (C=O) groups excluding carboxylic acids is 1. The fraction of sp³-hybridized carbons (Fsp3) is 0.929. The number of hydrogen-bond donors (Lipinski definition) is 2. The van der Waals surface area contributed by atoms with Crippen LogP contribution in [0, 0.1) is 5.92 Å². The molecule has 4 heteroatoms. The third kappa shape index (κ3) is 5.83. The van der Waals surface area contributed by atoms with Gasteiger partial charge in [-0.3, -0.25) is 4.79 Å². The lowest BCUT2D eigenvalue weighted by atomic mass is 9.95. The van der Waals surface area contributed by atoms with Crippen LogP contribution < -0.4 is 11.1 Å². The normalized spacial score (nSPS) is 18.9. The Kier molecular flexibility index (Phi) is 6.09. The molecule has 0 radical (unpaired) electrons. The molecule has 1 amide bonds. The van der Waals surface area contributed by atoms with Gasteiger partial charge in [-0.05, 0) is 44.9 Å². The van der Waals surface area contributed by atoms with Gasteiger partial charge in [-0.1, -0.05) is 13.8 Å². The number of hydrogen-bond acceptors (Lipinski definition) is 3. The van der Waals surface area contributed by atoms with Gasteiger partial charge in [0.05, 0.1) is 5.54 Å². The van der Waals surface area contributed by atoms with Crippen molar-refractivity contribution in [2.45, 2.75) is 64.5 Å². The SMILES string of the molecule is CC(C)CCOCCCC(C)(NC1CC1)C(N)=O. The van der Waals surface area contributed by atoms with Crippen molar-refractivity contribution in [3.8, 4) is 0 Å². The zero-order valence-electron chi connectivity index (χ0n) is 12.0. The van der Waals surface area contributed by atoms with Crippen LogP contribution in [0.25, 0.3) is 0 Å². The molecule has 1 saturated carbocycles. The van der Waals surface area contributed by atoms with Crippen LogP contribution in [-0.2, 0) is 9.53 Å². The maximum Gasteiger partial charge on any atom is 0.237 e. The minimum absolute atomic E-state index is 0.253. The third-order valence-corrected chi connectivity index (χ3v) is 3.45.